The summed E-state index contributed by atoms with van der Waals surface area (Å²) < 4.78 is 1.99. The molecule has 2 nitrogen and oxygen atoms in total. The van der Waals surface area contributed by atoms with E-state index in [1.165, 1.54) is 5.56 Å². The van der Waals surface area contributed by atoms with Gasteiger partial charge in [-0.2, -0.15) is 4.57 Å². The lowest BCUT2D eigenvalue weighted by molar-refractivity contribution is -0.694. The zero-order valence-electron chi connectivity index (χ0n) is 9.31. The Balaban J connectivity index is 0.00000144. The maximum Gasteiger partial charge on any atom is 0.276 e. The summed E-state index contributed by atoms with van der Waals surface area (Å²) in [5.74, 6) is 0. The number of nitrogens with two attached hydrogens (primary N) is 1. The van der Waals surface area contributed by atoms with E-state index in [1.807, 2.05) is 35.0 Å². The van der Waals surface area contributed by atoms with Crippen molar-refractivity contribution in [3.05, 3.63) is 59.4 Å². The van der Waals surface area contributed by atoms with Gasteiger partial charge in [0.2, 0.25) is 0 Å². The van der Waals surface area contributed by atoms with Gasteiger partial charge >= 0.3 is 0 Å². The van der Waals surface area contributed by atoms with Crippen molar-refractivity contribution in [2.75, 3.05) is 5.73 Å². The Morgan fingerprint density at radius 3 is 2.47 bits per heavy atom. The molecule has 0 radical (unpaired) electrons. The molecule has 0 unspecified atom stereocenters. The first-order chi connectivity index (χ1) is 7.75. The van der Waals surface area contributed by atoms with Crippen molar-refractivity contribution < 1.29 is 17.0 Å². The largest absolute Gasteiger partial charge is 1.00 e. The molecule has 0 aliphatic heterocycles. The number of hydrogen-bond donors (Lipinski definition) is 1. The minimum absolute atomic E-state index is 0. The lowest BCUT2D eigenvalue weighted by Gasteiger charge is -2.00. The van der Waals surface area contributed by atoms with Gasteiger partial charge in [-0.15, -0.1) is 0 Å². The van der Waals surface area contributed by atoms with E-state index in [0.717, 1.165) is 13.0 Å². The van der Waals surface area contributed by atoms with E-state index >= 15 is 0 Å². The van der Waals surface area contributed by atoms with Crippen LogP contribution in [0.25, 0.3) is 0 Å². The van der Waals surface area contributed by atoms with Crippen LogP contribution in [0, 0.1) is 0 Å². The predicted octanol–water partition coefficient (Wildman–Crippen LogP) is -0.544. The van der Waals surface area contributed by atoms with Gasteiger partial charge in [-0.1, -0.05) is 30.3 Å². The molecular formula is C13H14Cl2N2. The second-order valence-electron chi connectivity index (χ2n) is 3.71. The van der Waals surface area contributed by atoms with Crippen molar-refractivity contribution in [3.8, 4) is 0 Å². The number of nitrogen functional groups attached to an aromatic ring is 1. The SMILES string of the molecule is Nc1cc[n+](CCc2ccccc2)c(Cl)c1.[Cl-]. The van der Waals surface area contributed by atoms with Crippen LogP contribution in [0.2, 0.25) is 5.15 Å². The Labute approximate surface area is 112 Å². The van der Waals surface area contributed by atoms with Crippen LogP contribution in [0.1, 0.15) is 5.56 Å². The molecule has 0 bridgehead atoms. The van der Waals surface area contributed by atoms with Crippen molar-refractivity contribution in [2.45, 2.75) is 13.0 Å². The van der Waals surface area contributed by atoms with Crippen LogP contribution in [-0.4, -0.2) is 0 Å². The van der Waals surface area contributed by atoms with Gasteiger partial charge in [0.15, 0.2) is 12.7 Å². The molecule has 0 aliphatic rings. The normalized spacial score (nSPS) is 9.71. The monoisotopic (exact) mass is 268 g/mol. The van der Waals surface area contributed by atoms with Gasteiger partial charge in [-0.05, 0) is 17.2 Å². The van der Waals surface area contributed by atoms with Crippen LogP contribution < -0.4 is 22.7 Å². The smallest absolute Gasteiger partial charge is 0.276 e. The predicted molar refractivity (Wildman–Crippen MR) is 66.2 cm³/mol. The number of aryl methyl sites for hydroxylation is 2. The molecule has 0 spiro atoms. The molecule has 1 aromatic carbocycles. The van der Waals surface area contributed by atoms with E-state index < -0.39 is 0 Å². The third-order valence-corrected chi connectivity index (χ3v) is 2.82. The first-order valence-corrected chi connectivity index (χ1v) is 5.62. The fourth-order valence-corrected chi connectivity index (χ4v) is 1.86. The molecule has 2 N–H and O–H groups in total. The van der Waals surface area contributed by atoms with E-state index in [4.69, 9.17) is 17.3 Å². The zero-order valence-corrected chi connectivity index (χ0v) is 10.8. The summed E-state index contributed by atoms with van der Waals surface area (Å²) in [5.41, 5.74) is 7.64. The second kappa shape index (κ2) is 6.48. The van der Waals surface area contributed by atoms with Crippen LogP contribution in [0.5, 0.6) is 0 Å². The summed E-state index contributed by atoms with van der Waals surface area (Å²) in [7, 11) is 0. The van der Waals surface area contributed by atoms with E-state index in [2.05, 4.69) is 12.1 Å². The fourth-order valence-electron chi connectivity index (χ4n) is 1.59. The van der Waals surface area contributed by atoms with Crippen LogP contribution in [-0.2, 0) is 13.0 Å². The molecule has 0 fully saturated rings. The highest BCUT2D eigenvalue weighted by molar-refractivity contribution is 6.28. The quantitative estimate of drug-likeness (QED) is 0.588. The van der Waals surface area contributed by atoms with Crippen LogP contribution >= 0.6 is 11.6 Å². The van der Waals surface area contributed by atoms with Crippen LogP contribution in [0.4, 0.5) is 5.69 Å². The number of nitrogens with zero attached hydrogens (tertiary/aromatic N) is 1. The molecule has 0 saturated carbocycles. The number of hydrogen-bond acceptors (Lipinski definition) is 1. The first-order valence-electron chi connectivity index (χ1n) is 5.24. The average molecular weight is 269 g/mol. The van der Waals surface area contributed by atoms with Crippen molar-refractivity contribution in [2.24, 2.45) is 0 Å². The van der Waals surface area contributed by atoms with Crippen molar-refractivity contribution >= 4 is 17.3 Å². The van der Waals surface area contributed by atoms with E-state index in [0.29, 0.717) is 10.8 Å². The molecule has 0 amide bonds. The van der Waals surface area contributed by atoms with Crippen molar-refractivity contribution in [3.63, 3.8) is 0 Å². The molecule has 4 heteroatoms. The van der Waals surface area contributed by atoms with Gasteiger partial charge in [0.1, 0.15) is 0 Å². The van der Waals surface area contributed by atoms with Gasteiger partial charge in [-0.25, -0.2) is 0 Å². The number of aromatic nitrogens is 1. The fraction of sp³-hybridized carbons (Fsp3) is 0.154. The molecule has 0 aliphatic carbocycles. The molecule has 1 heterocycles. The number of pyridine rings is 1. The lowest BCUT2D eigenvalue weighted by atomic mass is 10.1. The van der Waals surface area contributed by atoms with Crippen LogP contribution in [0.15, 0.2) is 48.7 Å². The molecule has 0 atom stereocenters. The minimum Gasteiger partial charge on any atom is -1.00 e. The summed E-state index contributed by atoms with van der Waals surface area (Å²) in [6.07, 6.45) is 2.88. The van der Waals surface area contributed by atoms with Gasteiger partial charge in [-0.3, -0.25) is 0 Å². The van der Waals surface area contributed by atoms with Crippen molar-refractivity contribution in [1.29, 1.82) is 0 Å². The Morgan fingerprint density at radius 2 is 1.82 bits per heavy atom. The second-order valence-corrected chi connectivity index (χ2v) is 4.10. The highest BCUT2D eigenvalue weighted by Gasteiger charge is 2.07. The lowest BCUT2D eigenvalue weighted by Crippen LogP contribution is -3.00. The Bertz CT molecular complexity index is 472. The van der Waals surface area contributed by atoms with Gasteiger partial charge in [0.25, 0.3) is 5.15 Å². The minimum atomic E-state index is 0. The Morgan fingerprint density at radius 1 is 1.12 bits per heavy atom. The maximum atomic E-state index is 6.08. The molecule has 2 aromatic rings. The van der Waals surface area contributed by atoms with Crippen molar-refractivity contribution in [1.82, 2.24) is 0 Å². The third kappa shape index (κ3) is 3.91. The van der Waals surface area contributed by atoms with Crippen LogP contribution in [0.3, 0.4) is 0 Å². The molecular weight excluding hydrogens is 255 g/mol. The summed E-state index contributed by atoms with van der Waals surface area (Å²) >= 11 is 6.08. The van der Waals surface area contributed by atoms with E-state index in [9.17, 15) is 0 Å². The number of anilines is 1. The summed E-state index contributed by atoms with van der Waals surface area (Å²) in [5, 5.41) is 0.677. The Kier molecular flexibility index (Phi) is 5.26. The number of halogens is 2. The zero-order chi connectivity index (χ0) is 11.4. The molecule has 2 rings (SSSR count). The standard InChI is InChI=1S/C13H13ClN2.ClH/c14-13-10-12(15)7-9-16(13)8-6-11-4-2-1-3-5-11;/h1-5,7,9-10,15H,6,8H2;1H. The van der Waals surface area contributed by atoms with E-state index in [1.54, 1.807) is 6.07 Å². The summed E-state index contributed by atoms with van der Waals surface area (Å²) in [4.78, 5) is 0. The number of rotatable bonds is 3. The molecule has 0 saturated heterocycles. The topological polar surface area (TPSA) is 29.9 Å². The van der Waals surface area contributed by atoms with E-state index in [-0.39, 0.29) is 12.4 Å². The Hall–Kier alpha value is -1.25. The molecule has 1 aromatic heterocycles. The first kappa shape index (κ1) is 13.8. The van der Waals surface area contributed by atoms with Gasteiger partial charge < -0.3 is 18.1 Å². The third-order valence-electron chi connectivity index (χ3n) is 2.49. The number of benzene rings is 1. The maximum absolute atomic E-state index is 6.08. The highest BCUT2D eigenvalue weighted by atomic mass is 35.5. The molecule has 90 valence electrons. The highest BCUT2D eigenvalue weighted by Crippen LogP contribution is 2.07. The van der Waals surface area contributed by atoms with Gasteiger partial charge in [0.05, 0.1) is 0 Å². The van der Waals surface area contributed by atoms with Gasteiger partial charge in [0, 0.05) is 24.2 Å². The average Bonchev–Trinajstić information content (AvgIpc) is 2.29. The summed E-state index contributed by atoms with van der Waals surface area (Å²) in [6.45, 7) is 0.864. The summed E-state index contributed by atoms with van der Waals surface area (Å²) in [6, 6.07) is 14.0. The molecule has 17 heavy (non-hydrogen) atoms.